The highest BCUT2D eigenvalue weighted by atomic mass is 32.2. The number of aromatic nitrogens is 2. The zero-order valence-corrected chi connectivity index (χ0v) is 18.3. The van der Waals surface area contributed by atoms with Crippen molar-refractivity contribution in [2.45, 2.75) is 37.8 Å². The molecule has 4 rings (SSSR count). The van der Waals surface area contributed by atoms with Crippen molar-refractivity contribution in [3.8, 4) is 17.1 Å². The van der Waals surface area contributed by atoms with E-state index in [1.54, 1.807) is 25.1 Å². The Balaban J connectivity index is 1.87. The molecule has 4 bridgehead atoms. The first-order chi connectivity index (χ1) is 14.7. The van der Waals surface area contributed by atoms with Gasteiger partial charge < -0.3 is 15.2 Å². The van der Waals surface area contributed by atoms with Crippen molar-refractivity contribution in [1.82, 2.24) is 9.97 Å². The molecule has 0 aliphatic carbocycles. The Bertz CT molecular complexity index is 1210. The average Bonchev–Trinajstić information content (AvgIpc) is 2.70. The van der Waals surface area contributed by atoms with Gasteiger partial charge in [-0.05, 0) is 50.1 Å². The number of aliphatic hydroxyl groups excluding tert-OH is 1. The van der Waals surface area contributed by atoms with E-state index < -0.39 is 22.2 Å². The van der Waals surface area contributed by atoms with Crippen molar-refractivity contribution in [3.05, 3.63) is 59.7 Å². The van der Waals surface area contributed by atoms with Crippen LogP contribution in [0.25, 0.3) is 11.3 Å². The molecule has 3 N–H and O–H groups in total. The van der Waals surface area contributed by atoms with Crippen LogP contribution in [0.1, 0.15) is 18.1 Å². The van der Waals surface area contributed by atoms with Crippen LogP contribution in [0.5, 0.6) is 5.88 Å². The molecule has 0 saturated heterocycles. The van der Waals surface area contributed by atoms with E-state index in [0.717, 1.165) is 16.7 Å². The van der Waals surface area contributed by atoms with Gasteiger partial charge in [-0.3, -0.25) is 0 Å². The monoisotopic (exact) mass is 440 g/mol. The van der Waals surface area contributed by atoms with Gasteiger partial charge in [0.2, 0.25) is 11.8 Å². The predicted molar refractivity (Wildman–Crippen MR) is 119 cm³/mol. The Morgan fingerprint density at radius 3 is 2.52 bits per heavy atom. The molecule has 2 atom stereocenters. The lowest BCUT2D eigenvalue weighted by Crippen LogP contribution is -2.37. The molecular formula is C22H24N4O4S. The van der Waals surface area contributed by atoms with Gasteiger partial charge in [-0.25, -0.2) is 18.1 Å². The van der Waals surface area contributed by atoms with Crippen LogP contribution in [0.15, 0.2) is 53.4 Å². The fraction of sp³-hybridized carbons (Fsp3) is 0.273. The number of hydrogen-bond donors (Lipinski definition) is 3. The minimum Gasteiger partial charge on any atom is -0.475 e. The van der Waals surface area contributed by atoms with Crippen LogP contribution in [0.3, 0.4) is 0 Å². The van der Waals surface area contributed by atoms with Gasteiger partial charge in [0.05, 0.1) is 22.7 Å². The van der Waals surface area contributed by atoms with E-state index >= 15 is 0 Å². The zero-order chi connectivity index (χ0) is 22.2. The molecule has 8 nitrogen and oxygen atoms in total. The van der Waals surface area contributed by atoms with Gasteiger partial charge in [0.1, 0.15) is 6.61 Å². The summed E-state index contributed by atoms with van der Waals surface area (Å²) in [5.41, 5.74) is 3.98. The summed E-state index contributed by atoms with van der Waals surface area (Å²) in [6.45, 7) is 5.69. The molecule has 162 valence electrons. The molecule has 0 radical (unpaired) electrons. The third kappa shape index (κ3) is 4.47. The third-order valence-electron chi connectivity index (χ3n) is 5.16. The van der Waals surface area contributed by atoms with E-state index in [-0.39, 0.29) is 23.3 Å². The summed E-state index contributed by atoms with van der Waals surface area (Å²) in [6, 6.07) is 13.4. The largest absolute Gasteiger partial charge is 0.475 e. The first kappa shape index (κ1) is 21.1. The number of ether oxygens (including phenoxy) is 1. The Hall–Kier alpha value is -3.17. The smallest absolute Gasteiger partial charge is 0.264 e. The molecule has 0 spiro atoms. The fourth-order valence-corrected chi connectivity index (χ4v) is 4.50. The third-order valence-corrected chi connectivity index (χ3v) is 6.48. The van der Waals surface area contributed by atoms with Crippen LogP contribution in [0.2, 0.25) is 0 Å². The highest BCUT2D eigenvalue weighted by molar-refractivity contribution is 7.92. The second kappa shape index (κ2) is 8.16. The van der Waals surface area contributed by atoms with Gasteiger partial charge in [0, 0.05) is 17.3 Å². The summed E-state index contributed by atoms with van der Waals surface area (Å²) >= 11 is 0. The molecule has 9 heteroatoms. The van der Waals surface area contributed by atoms with Crippen molar-refractivity contribution in [1.29, 1.82) is 0 Å². The molecule has 1 aromatic heterocycles. The van der Waals surface area contributed by atoms with Gasteiger partial charge in [0.15, 0.2) is 0 Å². The molecule has 0 unspecified atom stereocenters. The van der Waals surface area contributed by atoms with E-state index in [2.05, 4.69) is 20.0 Å². The van der Waals surface area contributed by atoms with Gasteiger partial charge in [-0.15, -0.1) is 0 Å². The van der Waals surface area contributed by atoms with Gasteiger partial charge in [-0.2, -0.15) is 4.98 Å². The van der Waals surface area contributed by atoms with E-state index in [9.17, 15) is 13.5 Å². The minimum absolute atomic E-state index is 0.0611. The molecule has 3 aromatic rings. The van der Waals surface area contributed by atoms with Crippen LogP contribution in [-0.2, 0) is 10.0 Å². The normalized spacial score (nSPS) is 18.4. The van der Waals surface area contributed by atoms with Crippen molar-refractivity contribution >= 4 is 21.7 Å². The highest BCUT2D eigenvalue weighted by Gasteiger charge is 2.22. The molecule has 1 aliphatic heterocycles. The van der Waals surface area contributed by atoms with Crippen molar-refractivity contribution in [2.75, 3.05) is 16.6 Å². The lowest BCUT2D eigenvalue weighted by Gasteiger charge is -2.24. The van der Waals surface area contributed by atoms with E-state index in [1.807, 2.05) is 32.0 Å². The van der Waals surface area contributed by atoms with Crippen LogP contribution in [0, 0.1) is 13.8 Å². The van der Waals surface area contributed by atoms with Crippen LogP contribution >= 0.6 is 0 Å². The SMILES string of the molecule is Cc1cccc(C)c1-c1cc2nc(n1)NS(=O)(=O)c1cccc(c1)N[C@H]([C@H](C)O)CO2. The second-order valence-corrected chi connectivity index (χ2v) is 9.30. The standard InChI is InChI=1S/C22H24N4O4S/c1-13-6-4-7-14(2)21(13)18-11-20-25-22(24-18)26-31(28,29)17-9-5-8-16(10-17)23-19(12-30-20)15(3)27/h4-11,15,19,23,27H,12H2,1-3H3,(H,24,25,26)/t15-,19-/m0/s1. The number of aryl methyl sites for hydroxylation is 2. The van der Waals surface area contributed by atoms with E-state index in [4.69, 9.17) is 4.74 Å². The van der Waals surface area contributed by atoms with Crippen molar-refractivity contribution < 1.29 is 18.3 Å². The van der Waals surface area contributed by atoms with Crippen LogP contribution < -0.4 is 14.8 Å². The Kier molecular flexibility index (Phi) is 5.55. The molecular weight excluding hydrogens is 416 g/mol. The predicted octanol–water partition coefficient (Wildman–Crippen LogP) is 3.11. The molecule has 0 amide bonds. The number of nitrogens with one attached hydrogen (secondary N) is 2. The van der Waals surface area contributed by atoms with E-state index in [0.29, 0.717) is 11.4 Å². The number of benzene rings is 2. The second-order valence-electron chi connectivity index (χ2n) is 7.62. The average molecular weight is 441 g/mol. The molecule has 0 fully saturated rings. The maximum absolute atomic E-state index is 13.0. The Labute approximate surface area is 181 Å². The number of rotatable bonds is 2. The number of aliphatic hydroxyl groups is 1. The summed E-state index contributed by atoms with van der Waals surface area (Å²) in [6.07, 6.45) is -0.749. The fourth-order valence-electron chi connectivity index (χ4n) is 3.51. The number of sulfonamides is 1. The van der Waals surface area contributed by atoms with Gasteiger partial charge in [-0.1, -0.05) is 24.3 Å². The minimum atomic E-state index is -3.94. The summed E-state index contributed by atoms with van der Waals surface area (Å²) in [5, 5.41) is 13.3. The van der Waals surface area contributed by atoms with Crippen LogP contribution in [0.4, 0.5) is 11.6 Å². The Morgan fingerprint density at radius 1 is 1.10 bits per heavy atom. The molecule has 1 aliphatic rings. The van der Waals surface area contributed by atoms with Gasteiger partial charge in [0.25, 0.3) is 10.0 Å². The first-order valence-electron chi connectivity index (χ1n) is 9.89. The van der Waals surface area contributed by atoms with Crippen molar-refractivity contribution in [3.63, 3.8) is 0 Å². The number of hydrogen-bond acceptors (Lipinski definition) is 7. The highest BCUT2D eigenvalue weighted by Crippen LogP contribution is 2.30. The maximum atomic E-state index is 13.0. The first-order valence-corrected chi connectivity index (χ1v) is 11.4. The summed E-state index contributed by atoms with van der Waals surface area (Å²) in [4.78, 5) is 8.78. The summed E-state index contributed by atoms with van der Waals surface area (Å²) in [7, 11) is -3.94. The zero-order valence-electron chi connectivity index (χ0n) is 17.5. The number of nitrogens with zero attached hydrogens (tertiary/aromatic N) is 2. The summed E-state index contributed by atoms with van der Waals surface area (Å²) in [5.74, 6) is 0.129. The van der Waals surface area contributed by atoms with Gasteiger partial charge >= 0.3 is 0 Å². The van der Waals surface area contributed by atoms with Crippen LogP contribution in [-0.4, -0.2) is 42.2 Å². The number of fused-ring (bicyclic) bond motifs is 4. The molecule has 0 saturated carbocycles. The lowest BCUT2D eigenvalue weighted by atomic mass is 10.00. The van der Waals surface area contributed by atoms with Crippen molar-refractivity contribution in [2.24, 2.45) is 0 Å². The Morgan fingerprint density at radius 2 is 1.81 bits per heavy atom. The molecule has 31 heavy (non-hydrogen) atoms. The van der Waals surface area contributed by atoms with E-state index in [1.165, 1.54) is 12.1 Å². The number of anilines is 2. The molecule has 2 heterocycles. The maximum Gasteiger partial charge on any atom is 0.264 e. The summed E-state index contributed by atoms with van der Waals surface area (Å²) < 4.78 is 34.3. The molecule has 2 aromatic carbocycles. The lowest BCUT2D eigenvalue weighted by molar-refractivity contribution is 0.138. The quantitative estimate of drug-likeness (QED) is 0.561. The topological polar surface area (TPSA) is 113 Å².